The summed E-state index contributed by atoms with van der Waals surface area (Å²) in [5.74, 6) is 0.754. The first-order chi connectivity index (χ1) is 10.7. The first-order valence-electron chi connectivity index (χ1n) is 8.30. The third-order valence-electron chi connectivity index (χ3n) is 3.62. The van der Waals surface area contributed by atoms with Gasteiger partial charge in [-0.15, -0.1) is 0 Å². The predicted octanol–water partition coefficient (Wildman–Crippen LogP) is 3.85. The van der Waals surface area contributed by atoms with Crippen LogP contribution in [0.1, 0.15) is 51.5 Å². The Balaban J connectivity index is 2.40. The van der Waals surface area contributed by atoms with E-state index in [9.17, 15) is 4.79 Å². The van der Waals surface area contributed by atoms with Gasteiger partial charge in [0, 0.05) is 13.1 Å². The molecule has 0 saturated heterocycles. The SMILES string of the molecule is CCCC(CCC)COc1cccc(CNCCC(=O)O)c1. The van der Waals surface area contributed by atoms with Crippen LogP contribution < -0.4 is 10.1 Å². The molecule has 124 valence electrons. The molecule has 0 bridgehead atoms. The van der Waals surface area contributed by atoms with Gasteiger partial charge in [0.2, 0.25) is 0 Å². The lowest BCUT2D eigenvalue weighted by Crippen LogP contribution is -2.17. The van der Waals surface area contributed by atoms with Gasteiger partial charge < -0.3 is 15.2 Å². The summed E-state index contributed by atoms with van der Waals surface area (Å²) in [5, 5.41) is 11.7. The number of hydrogen-bond donors (Lipinski definition) is 2. The van der Waals surface area contributed by atoms with Gasteiger partial charge in [-0.05, 0) is 36.5 Å². The Hall–Kier alpha value is -1.55. The molecule has 0 spiro atoms. The lowest BCUT2D eigenvalue weighted by molar-refractivity contribution is -0.136. The smallest absolute Gasteiger partial charge is 0.304 e. The Kier molecular flexibility index (Phi) is 9.31. The highest BCUT2D eigenvalue weighted by molar-refractivity contribution is 5.66. The van der Waals surface area contributed by atoms with Crippen LogP contribution in [-0.4, -0.2) is 24.2 Å². The van der Waals surface area contributed by atoms with Crippen LogP contribution in [0, 0.1) is 5.92 Å². The normalized spacial score (nSPS) is 10.9. The third kappa shape index (κ3) is 8.03. The van der Waals surface area contributed by atoms with Gasteiger partial charge in [-0.25, -0.2) is 0 Å². The van der Waals surface area contributed by atoms with E-state index in [0.717, 1.165) is 17.9 Å². The summed E-state index contributed by atoms with van der Waals surface area (Å²) in [7, 11) is 0. The zero-order valence-electron chi connectivity index (χ0n) is 13.8. The maximum absolute atomic E-state index is 10.5. The number of nitrogens with one attached hydrogen (secondary N) is 1. The highest BCUT2D eigenvalue weighted by atomic mass is 16.5. The van der Waals surface area contributed by atoms with Crippen LogP contribution in [0.15, 0.2) is 24.3 Å². The monoisotopic (exact) mass is 307 g/mol. The molecule has 4 nitrogen and oxygen atoms in total. The Morgan fingerprint density at radius 1 is 1.27 bits per heavy atom. The van der Waals surface area contributed by atoms with Crippen LogP contribution in [0.25, 0.3) is 0 Å². The van der Waals surface area contributed by atoms with Crippen molar-refractivity contribution in [3.8, 4) is 5.75 Å². The molecule has 0 fully saturated rings. The Bertz CT molecular complexity index is 428. The van der Waals surface area contributed by atoms with E-state index in [4.69, 9.17) is 9.84 Å². The van der Waals surface area contributed by atoms with Crippen molar-refractivity contribution in [2.75, 3.05) is 13.2 Å². The van der Waals surface area contributed by atoms with Gasteiger partial charge in [-0.3, -0.25) is 4.79 Å². The molecule has 4 heteroatoms. The number of aliphatic carboxylic acids is 1. The number of rotatable bonds is 12. The number of ether oxygens (including phenoxy) is 1. The van der Waals surface area contributed by atoms with Crippen molar-refractivity contribution in [2.45, 2.75) is 52.5 Å². The summed E-state index contributed by atoms with van der Waals surface area (Å²) >= 11 is 0. The molecule has 2 N–H and O–H groups in total. The molecule has 0 aromatic heterocycles. The molecule has 1 rings (SSSR count). The van der Waals surface area contributed by atoms with Crippen LogP contribution in [0.3, 0.4) is 0 Å². The van der Waals surface area contributed by atoms with E-state index in [0.29, 0.717) is 19.0 Å². The minimum atomic E-state index is -0.775. The Morgan fingerprint density at radius 2 is 2.00 bits per heavy atom. The van der Waals surface area contributed by atoms with E-state index < -0.39 is 5.97 Å². The lowest BCUT2D eigenvalue weighted by atomic mass is 9.99. The number of carboxylic acid groups (broad SMARTS) is 1. The largest absolute Gasteiger partial charge is 0.493 e. The average molecular weight is 307 g/mol. The molecule has 0 saturated carbocycles. The second kappa shape index (κ2) is 11.1. The summed E-state index contributed by atoms with van der Waals surface area (Å²) in [6.45, 7) is 6.35. The van der Waals surface area contributed by atoms with E-state index >= 15 is 0 Å². The van der Waals surface area contributed by atoms with E-state index in [1.165, 1.54) is 25.7 Å². The Morgan fingerprint density at radius 3 is 2.64 bits per heavy atom. The number of benzene rings is 1. The summed E-state index contributed by atoms with van der Waals surface area (Å²) in [4.78, 5) is 10.5. The van der Waals surface area contributed by atoms with Crippen molar-refractivity contribution in [2.24, 2.45) is 5.92 Å². The molecular weight excluding hydrogens is 278 g/mol. The van der Waals surface area contributed by atoms with E-state index in [-0.39, 0.29) is 6.42 Å². The molecular formula is C18H29NO3. The summed E-state index contributed by atoms with van der Waals surface area (Å²) in [6.07, 6.45) is 4.96. The fraction of sp³-hybridized carbons (Fsp3) is 0.611. The first-order valence-corrected chi connectivity index (χ1v) is 8.30. The molecule has 0 heterocycles. The molecule has 0 aliphatic heterocycles. The summed E-state index contributed by atoms with van der Waals surface area (Å²) < 4.78 is 5.94. The fourth-order valence-corrected chi connectivity index (χ4v) is 2.51. The molecule has 22 heavy (non-hydrogen) atoms. The quantitative estimate of drug-likeness (QED) is 0.576. The molecule has 0 unspecified atom stereocenters. The number of hydrogen-bond acceptors (Lipinski definition) is 3. The Labute approximate surface area is 133 Å². The van der Waals surface area contributed by atoms with Gasteiger partial charge >= 0.3 is 5.97 Å². The van der Waals surface area contributed by atoms with Crippen LogP contribution >= 0.6 is 0 Å². The highest BCUT2D eigenvalue weighted by Gasteiger charge is 2.08. The predicted molar refractivity (Wildman–Crippen MR) is 89.2 cm³/mol. The first kappa shape index (κ1) is 18.5. The van der Waals surface area contributed by atoms with Crippen LogP contribution in [0.4, 0.5) is 0 Å². The van der Waals surface area contributed by atoms with Crippen LogP contribution in [0.5, 0.6) is 5.75 Å². The van der Waals surface area contributed by atoms with E-state index in [1.807, 2.05) is 24.3 Å². The minimum Gasteiger partial charge on any atom is -0.493 e. The van der Waals surface area contributed by atoms with Gasteiger partial charge in [0.15, 0.2) is 0 Å². The highest BCUT2D eigenvalue weighted by Crippen LogP contribution is 2.18. The van der Waals surface area contributed by atoms with Crippen LogP contribution in [0.2, 0.25) is 0 Å². The van der Waals surface area contributed by atoms with Gasteiger partial charge in [0.25, 0.3) is 0 Å². The van der Waals surface area contributed by atoms with Gasteiger partial charge in [-0.2, -0.15) is 0 Å². The van der Waals surface area contributed by atoms with E-state index in [2.05, 4.69) is 19.2 Å². The average Bonchev–Trinajstić information content (AvgIpc) is 2.50. The molecule has 1 aromatic rings. The second-order valence-electron chi connectivity index (χ2n) is 5.72. The van der Waals surface area contributed by atoms with Crippen molar-refractivity contribution in [1.29, 1.82) is 0 Å². The number of carbonyl (C=O) groups is 1. The van der Waals surface area contributed by atoms with Crippen molar-refractivity contribution >= 4 is 5.97 Å². The molecule has 0 aliphatic carbocycles. The van der Waals surface area contributed by atoms with Crippen molar-refractivity contribution < 1.29 is 14.6 Å². The minimum absolute atomic E-state index is 0.145. The van der Waals surface area contributed by atoms with Crippen LogP contribution in [-0.2, 0) is 11.3 Å². The standard InChI is InChI=1S/C18H29NO3/c1-3-6-15(7-4-2)14-22-17-9-5-8-16(12-17)13-19-11-10-18(20)21/h5,8-9,12,15,19H,3-4,6-7,10-11,13-14H2,1-2H3,(H,20,21). The number of carboxylic acids is 1. The van der Waals surface area contributed by atoms with Crippen molar-refractivity contribution in [3.05, 3.63) is 29.8 Å². The van der Waals surface area contributed by atoms with Crippen molar-refractivity contribution in [1.82, 2.24) is 5.32 Å². The molecule has 0 amide bonds. The second-order valence-corrected chi connectivity index (χ2v) is 5.72. The van der Waals surface area contributed by atoms with Gasteiger partial charge in [0.05, 0.1) is 13.0 Å². The van der Waals surface area contributed by atoms with Gasteiger partial charge in [-0.1, -0.05) is 38.8 Å². The third-order valence-corrected chi connectivity index (χ3v) is 3.62. The summed E-state index contributed by atoms with van der Waals surface area (Å²) in [6, 6.07) is 8.02. The zero-order valence-corrected chi connectivity index (χ0v) is 13.8. The van der Waals surface area contributed by atoms with E-state index in [1.54, 1.807) is 0 Å². The topological polar surface area (TPSA) is 58.6 Å². The molecule has 1 aromatic carbocycles. The lowest BCUT2D eigenvalue weighted by Gasteiger charge is -2.16. The summed E-state index contributed by atoms with van der Waals surface area (Å²) in [5.41, 5.74) is 1.12. The maximum atomic E-state index is 10.5. The zero-order chi connectivity index (χ0) is 16.2. The van der Waals surface area contributed by atoms with Crippen molar-refractivity contribution in [3.63, 3.8) is 0 Å². The molecule has 0 aliphatic rings. The maximum Gasteiger partial charge on any atom is 0.304 e. The van der Waals surface area contributed by atoms with Gasteiger partial charge in [0.1, 0.15) is 5.75 Å². The fourth-order valence-electron chi connectivity index (χ4n) is 2.51. The molecule has 0 radical (unpaired) electrons. The molecule has 0 atom stereocenters.